The standard InChI is InChI=1S/C31H29F6N3O/c1-2-20-6-4-11-25-27(19-38-29(20)25)26(21-7-3-8-22(16-21)30(32,33)34)18-28(41)40-14-12-39(13-15-40)24-10-5-9-23(17-24)31(35,36)37/h3-11,16-17,19,26,38H,2,12-15,18H2,1H3/t26-/m0/s1. The van der Waals surface area contributed by atoms with Gasteiger partial charge in [-0.15, -0.1) is 0 Å². The Morgan fingerprint density at radius 2 is 1.49 bits per heavy atom. The number of aryl methyl sites for hydroxylation is 1. The fraction of sp³-hybridized carbons (Fsp3) is 0.323. The van der Waals surface area contributed by atoms with Gasteiger partial charge in [-0.2, -0.15) is 26.3 Å². The summed E-state index contributed by atoms with van der Waals surface area (Å²) in [5.74, 6) is -0.857. The summed E-state index contributed by atoms with van der Waals surface area (Å²) in [6, 6.07) is 16.0. The molecule has 0 radical (unpaired) electrons. The zero-order chi connectivity index (χ0) is 29.4. The number of piperazine rings is 1. The first-order valence-corrected chi connectivity index (χ1v) is 13.4. The lowest BCUT2D eigenvalue weighted by Gasteiger charge is -2.37. The van der Waals surface area contributed by atoms with Crippen molar-refractivity contribution in [3.63, 3.8) is 0 Å². The number of H-pyrrole nitrogens is 1. The normalized spacial score (nSPS) is 15.4. The molecule has 1 aliphatic heterocycles. The molecule has 0 unspecified atom stereocenters. The smallest absolute Gasteiger partial charge is 0.368 e. The summed E-state index contributed by atoms with van der Waals surface area (Å²) in [6.45, 7) is 3.28. The Bertz CT molecular complexity index is 1530. The Balaban J connectivity index is 1.40. The molecule has 41 heavy (non-hydrogen) atoms. The molecular weight excluding hydrogens is 544 g/mol. The first kappa shape index (κ1) is 28.6. The van der Waals surface area contributed by atoms with Gasteiger partial charge < -0.3 is 14.8 Å². The highest BCUT2D eigenvalue weighted by atomic mass is 19.4. The highest BCUT2D eigenvalue weighted by Crippen LogP contribution is 2.38. The molecule has 3 aromatic carbocycles. The number of alkyl halides is 6. The Morgan fingerprint density at radius 3 is 2.15 bits per heavy atom. The van der Waals surface area contributed by atoms with Crippen molar-refractivity contribution >= 4 is 22.5 Å². The molecule has 0 saturated carbocycles. The van der Waals surface area contributed by atoms with Gasteiger partial charge >= 0.3 is 12.4 Å². The van der Waals surface area contributed by atoms with E-state index in [4.69, 9.17) is 0 Å². The third kappa shape index (κ3) is 6.06. The van der Waals surface area contributed by atoms with Gasteiger partial charge in [0, 0.05) is 61.3 Å². The largest absolute Gasteiger partial charge is 0.416 e. The van der Waals surface area contributed by atoms with Gasteiger partial charge in [-0.05, 0) is 47.4 Å². The summed E-state index contributed by atoms with van der Waals surface area (Å²) < 4.78 is 80.3. The number of hydrogen-bond acceptors (Lipinski definition) is 2. The minimum atomic E-state index is -4.53. The molecule has 216 valence electrons. The van der Waals surface area contributed by atoms with Gasteiger partial charge in [0.2, 0.25) is 5.91 Å². The predicted octanol–water partition coefficient (Wildman–Crippen LogP) is 7.64. The maximum absolute atomic E-state index is 13.6. The lowest BCUT2D eigenvalue weighted by Crippen LogP contribution is -2.49. The zero-order valence-corrected chi connectivity index (χ0v) is 22.3. The molecule has 1 aliphatic rings. The molecule has 1 atom stereocenters. The van der Waals surface area contributed by atoms with Crippen LogP contribution in [-0.4, -0.2) is 42.0 Å². The van der Waals surface area contributed by atoms with Crippen LogP contribution in [0.1, 0.15) is 47.1 Å². The van der Waals surface area contributed by atoms with Crippen LogP contribution in [0.2, 0.25) is 0 Å². The van der Waals surface area contributed by atoms with E-state index in [0.29, 0.717) is 24.3 Å². The van der Waals surface area contributed by atoms with Crippen molar-refractivity contribution in [2.75, 3.05) is 31.1 Å². The summed E-state index contributed by atoms with van der Waals surface area (Å²) in [4.78, 5) is 20.3. The van der Waals surface area contributed by atoms with E-state index in [1.54, 1.807) is 28.1 Å². The fourth-order valence-corrected chi connectivity index (χ4v) is 5.56. The molecule has 10 heteroatoms. The Kier molecular flexibility index (Phi) is 7.76. The fourth-order valence-electron chi connectivity index (χ4n) is 5.56. The number of rotatable bonds is 6. The lowest BCUT2D eigenvalue weighted by molar-refractivity contribution is -0.138. The number of nitrogens with zero attached hydrogens (tertiary/aromatic N) is 2. The van der Waals surface area contributed by atoms with Crippen LogP contribution in [-0.2, 0) is 23.6 Å². The average molecular weight is 574 g/mol. The average Bonchev–Trinajstić information content (AvgIpc) is 3.39. The van der Waals surface area contributed by atoms with Crippen LogP contribution in [0.15, 0.2) is 72.9 Å². The second kappa shape index (κ2) is 11.1. The number of anilines is 1. The van der Waals surface area contributed by atoms with Crippen LogP contribution in [0.4, 0.5) is 32.0 Å². The Hall–Kier alpha value is -3.95. The molecule has 1 amide bonds. The van der Waals surface area contributed by atoms with Crippen molar-refractivity contribution in [2.24, 2.45) is 0 Å². The highest BCUT2D eigenvalue weighted by Gasteiger charge is 2.33. The zero-order valence-electron chi connectivity index (χ0n) is 22.3. The first-order chi connectivity index (χ1) is 19.5. The van der Waals surface area contributed by atoms with Crippen molar-refractivity contribution in [1.29, 1.82) is 0 Å². The van der Waals surface area contributed by atoms with Crippen LogP contribution >= 0.6 is 0 Å². The van der Waals surface area contributed by atoms with Crippen LogP contribution in [0, 0.1) is 0 Å². The molecule has 2 heterocycles. The predicted molar refractivity (Wildman–Crippen MR) is 146 cm³/mol. The maximum Gasteiger partial charge on any atom is 0.416 e. The van der Waals surface area contributed by atoms with Crippen molar-refractivity contribution in [1.82, 2.24) is 9.88 Å². The van der Waals surface area contributed by atoms with Gasteiger partial charge in [-0.1, -0.05) is 49.4 Å². The van der Waals surface area contributed by atoms with Crippen LogP contribution in [0.5, 0.6) is 0 Å². The summed E-state index contributed by atoms with van der Waals surface area (Å²) in [5.41, 5.74) is 2.00. The topological polar surface area (TPSA) is 39.3 Å². The molecule has 1 aromatic heterocycles. The number of benzene rings is 3. The van der Waals surface area contributed by atoms with E-state index in [-0.39, 0.29) is 25.4 Å². The quantitative estimate of drug-likeness (QED) is 0.241. The number of fused-ring (bicyclic) bond motifs is 1. The molecule has 0 spiro atoms. The van der Waals surface area contributed by atoms with Crippen LogP contribution < -0.4 is 4.90 Å². The molecular formula is C31H29F6N3O. The van der Waals surface area contributed by atoms with Gasteiger partial charge in [0.25, 0.3) is 0 Å². The summed E-state index contributed by atoms with van der Waals surface area (Å²) in [5, 5.41) is 0.855. The minimum absolute atomic E-state index is 0.0474. The molecule has 4 nitrogen and oxygen atoms in total. The number of para-hydroxylation sites is 1. The van der Waals surface area contributed by atoms with E-state index >= 15 is 0 Å². The van der Waals surface area contributed by atoms with E-state index in [1.807, 2.05) is 25.1 Å². The van der Waals surface area contributed by atoms with Crippen LogP contribution in [0.25, 0.3) is 10.9 Å². The van der Waals surface area contributed by atoms with Gasteiger partial charge in [0.1, 0.15) is 0 Å². The molecule has 1 saturated heterocycles. The number of hydrogen-bond donors (Lipinski definition) is 1. The number of carbonyl (C=O) groups excluding carboxylic acids is 1. The number of amides is 1. The van der Waals surface area contributed by atoms with E-state index < -0.39 is 29.4 Å². The van der Waals surface area contributed by atoms with Crippen molar-refractivity contribution in [3.05, 3.63) is 101 Å². The number of aromatic amines is 1. The molecule has 5 rings (SSSR count). The second-order valence-corrected chi connectivity index (χ2v) is 10.2. The SMILES string of the molecule is CCc1cccc2c([C@@H](CC(=O)N3CCN(c4cccc(C(F)(F)F)c4)CC3)c3cccc(C(F)(F)F)c3)c[nH]c12. The van der Waals surface area contributed by atoms with E-state index in [1.165, 1.54) is 12.1 Å². The lowest BCUT2D eigenvalue weighted by atomic mass is 9.86. The molecule has 4 aromatic rings. The summed E-state index contributed by atoms with van der Waals surface area (Å²) in [7, 11) is 0. The number of halogens is 6. The number of nitrogens with one attached hydrogen (secondary N) is 1. The van der Waals surface area contributed by atoms with Crippen LogP contribution in [0.3, 0.4) is 0 Å². The van der Waals surface area contributed by atoms with Gasteiger partial charge in [-0.25, -0.2) is 0 Å². The minimum Gasteiger partial charge on any atom is -0.368 e. The van der Waals surface area contributed by atoms with Gasteiger partial charge in [0.05, 0.1) is 11.1 Å². The maximum atomic E-state index is 13.6. The Morgan fingerprint density at radius 1 is 0.854 bits per heavy atom. The molecule has 0 aliphatic carbocycles. The molecule has 0 bridgehead atoms. The monoisotopic (exact) mass is 573 g/mol. The van der Waals surface area contributed by atoms with Crippen molar-refractivity contribution < 1.29 is 31.1 Å². The molecule has 1 N–H and O–H groups in total. The Labute approximate surface area is 233 Å². The van der Waals surface area contributed by atoms with E-state index in [9.17, 15) is 31.1 Å². The third-order valence-corrected chi connectivity index (χ3v) is 7.76. The summed E-state index contributed by atoms with van der Waals surface area (Å²) >= 11 is 0. The summed E-state index contributed by atoms with van der Waals surface area (Å²) in [6.07, 6.45) is -6.49. The van der Waals surface area contributed by atoms with E-state index in [2.05, 4.69) is 4.98 Å². The van der Waals surface area contributed by atoms with Crippen molar-refractivity contribution in [2.45, 2.75) is 38.0 Å². The number of carbonyl (C=O) groups is 1. The third-order valence-electron chi connectivity index (χ3n) is 7.76. The number of aromatic nitrogens is 1. The highest BCUT2D eigenvalue weighted by molar-refractivity contribution is 5.88. The van der Waals surface area contributed by atoms with Gasteiger partial charge in [0.15, 0.2) is 0 Å². The van der Waals surface area contributed by atoms with Gasteiger partial charge in [-0.3, -0.25) is 4.79 Å². The second-order valence-electron chi connectivity index (χ2n) is 10.2. The first-order valence-electron chi connectivity index (χ1n) is 13.4. The van der Waals surface area contributed by atoms with Crippen molar-refractivity contribution in [3.8, 4) is 0 Å². The molecule has 1 fully saturated rings. The van der Waals surface area contributed by atoms with E-state index in [0.717, 1.165) is 52.7 Å².